The Balaban J connectivity index is 1.63. The van der Waals surface area contributed by atoms with Crippen molar-refractivity contribution in [3.8, 4) is 21.6 Å². The number of hydrogen-bond acceptors (Lipinski definition) is 1. The highest BCUT2D eigenvalue weighted by Gasteiger charge is 2.44. The van der Waals surface area contributed by atoms with E-state index in [9.17, 15) is 0 Å². The van der Waals surface area contributed by atoms with Crippen LogP contribution >= 0.6 is 11.3 Å². The maximum atomic E-state index is 2.63. The molecule has 3 aromatic rings. The quantitative estimate of drug-likeness (QED) is 0.147. The lowest BCUT2D eigenvalue weighted by atomic mass is 10.0. The number of benzene rings is 2. The molecule has 182 valence electrons. The van der Waals surface area contributed by atoms with Crippen molar-refractivity contribution in [3.63, 3.8) is 0 Å². The van der Waals surface area contributed by atoms with Crippen molar-refractivity contribution in [3.05, 3.63) is 60.0 Å². The summed E-state index contributed by atoms with van der Waals surface area (Å²) in [5.41, 5.74) is 4.54. The third-order valence-electron chi connectivity index (χ3n) is 7.99. The summed E-state index contributed by atoms with van der Waals surface area (Å²) in [6, 6.07) is 24.3. The molecule has 0 nitrogen and oxygen atoms in total. The highest BCUT2D eigenvalue weighted by molar-refractivity contribution is 7.13. The number of hydrogen-bond donors (Lipinski definition) is 0. The fourth-order valence-electron chi connectivity index (χ4n) is 6.13. The SMILES string of the molecule is CCCCCCCC[Si]1(CCCCCCCC)c2ccccc2-c2ccc(-c3cccs3)cc21. The smallest absolute Gasteiger partial charge is 0.119 e. The monoisotopic (exact) mass is 488 g/mol. The molecule has 0 spiro atoms. The zero-order valence-electron chi connectivity index (χ0n) is 21.6. The zero-order chi connectivity index (χ0) is 23.6. The highest BCUT2D eigenvalue weighted by atomic mass is 32.1. The molecule has 0 amide bonds. The summed E-state index contributed by atoms with van der Waals surface area (Å²) in [4.78, 5) is 1.42. The number of unbranched alkanes of at least 4 members (excludes halogenated alkanes) is 10. The van der Waals surface area contributed by atoms with Crippen molar-refractivity contribution in [1.29, 1.82) is 0 Å². The fraction of sp³-hybridized carbons (Fsp3) is 0.500. The molecule has 0 unspecified atom stereocenters. The van der Waals surface area contributed by atoms with Crippen LogP contribution in [0.2, 0.25) is 12.1 Å². The molecule has 1 aliphatic heterocycles. The molecule has 34 heavy (non-hydrogen) atoms. The number of rotatable bonds is 15. The Labute approximate surface area is 213 Å². The Hall–Kier alpha value is -1.64. The van der Waals surface area contributed by atoms with Gasteiger partial charge in [-0.2, -0.15) is 0 Å². The first-order valence-electron chi connectivity index (χ1n) is 14.1. The third-order valence-corrected chi connectivity index (χ3v) is 14.2. The normalized spacial score (nSPS) is 13.7. The van der Waals surface area contributed by atoms with E-state index in [0.717, 1.165) is 0 Å². The topological polar surface area (TPSA) is 0 Å². The molecule has 0 atom stereocenters. The van der Waals surface area contributed by atoms with E-state index in [2.05, 4.69) is 73.8 Å². The molecule has 2 aromatic carbocycles. The molecule has 0 fully saturated rings. The van der Waals surface area contributed by atoms with Gasteiger partial charge in [-0.3, -0.25) is 0 Å². The molecular formula is C32H44SSi. The summed E-state index contributed by atoms with van der Waals surface area (Å²) >= 11 is 1.88. The number of fused-ring (bicyclic) bond motifs is 3. The van der Waals surface area contributed by atoms with Crippen LogP contribution < -0.4 is 10.4 Å². The van der Waals surface area contributed by atoms with Crippen LogP contribution in [0, 0.1) is 0 Å². The van der Waals surface area contributed by atoms with Gasteiger partial charge in [-0.05, 0) is 50.6 Å². The van der Waals surface area contributed by atoms with E-state index in [-0.39, 0.29) is 0 Å². The van der Waals surface area contributed by atoms with Crippen molar-refractivity contribution < 1.29 is 0 Å². The minimum absolute atomic E-state index is 1.34. The molecule has 0 bridgehead atoms. The third kappa shape index (κ3) is 5.77. The second kappa shape index (κ2) is 12.9. The maximum Gasteiger partial charge on any atom is 0.119 e. The van der Waals surface area contributed by atoms with Gasteiger partial charge in [-0.25, -0.2) is 0 Å². The van der Waals surface area contributed by atoms with Crippen molar-refractivity contribution in [2.75, 3.05) is 0 Å². The minimum Gasteiger partial charge on any atom is -0.144 e. The zero-order valence-corrected chi connectivity index (χ0v) is 23.4. The van der Waals surface area contributed by atoms with Gasteiger partial charge in [0, 0.05) is 4.88 Å². The van der Waals surface area contributed by atoms with Crippen LogP contribution in [0.15, 0.2) is 60.0 Å². The van der Waals surface area contributed by atoms with E-state index in [1.807, 2.05) is 11.3 Å². The summed E-state index contributed by atoms with van der Waals surface area (Å²) < 4.78 is 0. The first-order chi connectivity index (χ1) is 16.8. The molecule has 2 heterocycles. The standard InChI is InChI=1S/C32H44SSi/c1-3-5-7-9-11-15-24-34(25-16-12-10-8-6-4-2)31-20-14-13-18-28(31)29-22-21-27(26-32(29)34)30-19-17-23-33-30/h13-14,17-23,26H,3-12,15-16,24-25H2,1-2H3. The second-order valence-electron chi connectivity index (χ2n) is 10.4. The first-order valence-corrected chi connectivity index (χ1v) is 17.4. The average molecular weight is 489 g/mol. The van der Waals surface area contributed by atoms with Gasteiger partial charge in [0.15, 0.2) is 0 Å². The molecule has 0 N–H and O–H groups in total. The van der Waals surface area contributed by atoms with Gasteiger partial charge in [0.1, 0.15) is 8.07 Å². The van der Waals surface area contributed by atoms with Gasteiger partial charge in [-0.15, -0.1) is 11.3 Å². The lowest BCUT2D eigenvalue weighted by molar-refractivity contribution is 0.616. The predicted octanol–water partition coefficient (Wildman–Crippen LogP) is 9.68. The summed E-state index contributed by atoms with van der Waals surface area (Å²) in [7, 11) is -1.75. The van der Waals surface area contributed by atoms with Gasteiger partial charge in [-0.1, -0.05) is 139 Å². The van der Waals surface area contributed by atoms with Crippen LogP contribution in [0.1, 0.15) is 90.9 Å². The average Bonchev–Trinajstić information content (AvgIpc) is 3.50. The number of thiophene rings is 1. The van der Waals surface area contributed by atoms with Gasteiger partial charge < -0.3 is 0 Å². The van der Waals surface area contributed by atoms with E-state index in [1.54, 1.807) is 21.5 Å². The van der Waals surface area contributed by atoms with Gasteiger partial charge in [0.25, 0.3) is 0 Å². The summed E-state index contributed by atoms with van der Waals surface area (Å²) in [6.45, 7) is 4.64. The van der Waals surface area contributed by atoms with E-state index >= 15 is 0 Å². The highest BCUT2D eigenvalue weighted by Crippen LogP contribution is 2.37. The molecule has 4 rings (SSSR count). The van der Waals surface area contributed by atoms with Crippen LogP contribution in [-0.4, -0.2) is 8.07 Å². The Morgan fingerprint density at radius 3 is 1.85 bits per heavy atom. The Bertz CT molecular complexity index is 988. The van der Waals surface area contributed by atoms with Crippen LogP contribution in [0.5, 0.6) is 0 Å². The summed E-state index contributed by atoms with van der Waals surface area (Å²) in [5.74, 6) is 0. The van der Waals surface area contributed by atoms with Gasteiger partial charge in [0.05, 0.1) is 0 Å². The van der Waals surface area contributed by atoms with Crippen LogP contribution in [-0.2, 0) is 0 Å². The molecule has 1 aromatic heterocycles. The molecule has 0 radical (unpaired) electrons. The molecule has 0 saturated carbocycles. The largest absolute Gasteiger partial charge is 0.144 e. The van der Waals surface area contributed by atoms with Gasteiger partial charge in [0.2, 0.25) is 0 Å². The lowest BCUT2D eigenvalue weighted by Gasteiger charge is -2.30. The van der Waals surface area contributed by atoms with E-state index in [0.29, 0.717) is 0 Å². The molecule has 0 aliphatic carbocycles. The summed E-state index contributed by atoms with van der Waals surface area (Å²) in [5, 5.41) is 5.71. The van der Waals surface area contributed by atoms with Crippen LogP contribution in [0.25, 0.3) is 21.6 Å². The Morgan fingerprint density at radius 2 is 1.21 bits per heavy atom. The molecule has 2 heteroatoms. The minimum atomic E-state index is -1.75. The van der Waals surface area contributed by atoms with Crippen molar-refractivity contribution in [1.82, 2.24) is 0 Å². The predicted molar refractivity (Wildman–Crippen MR) is 157 cm³/mol. The Morgan fingerprint density at radius 1 is 0.588 bits per heavy atom. The lowest BCUT2D eigenvalue weighted by Crippen LogP contribution is -2.55. The van der Waals surface area contributed by atoms with Crippen LogP contribution in [0.4, 0.5) is 0 Å². The fourth-order valence-corrected chi connectivity index (χ4v) is 12.5. The van der Waals surface area contributed by atoms with Crippen LogP contribution in [0.3, 0.4) is 0 Å². The van der Waals surface area contributed by atoms with Gasteiger partial charge >= 0.3 is 0 Å². The second-order valence-corrected chi connectivity index (χ2v) is 15.6. The first kappa shape index (κ1) is 25.4. The Kier molecular flexibility index (Phi) is 9.64. The van der Waals surface area contributed by atoms with E-state index in [1.165, 1.54) is 99.6 Å². The molecular weight excluding hydrogens is 445 g/mol. The molecule has 1 aliphatic rings. The summed E-state index contributed by atoms with van der Waals surface area (Å²) in [6.07, 6.45) is 16.8. The maximum absolute atomic E-state index is 2.63. The van der Waals surface area contributed by atoms with Crippen molar-refractivity contribution in [2.24, 2.45) is 0 Å². The van der Waals surface area contributed by atoms with E-state index < -0.39 is 8.07 Å². The van der Waals surface area contributed by atoms with Crippen molar-refractivity contribution in [2.45, 2.75) is 103 Å². The molecule has 0 saturated heterocycles. The van der Waals surface area contributed by atoms with E-state index in [4.69, 9.17) is 0 Å². The van der Waals surface area contributed by atoms with Crippen molar-refractivity contribution >= 4 is 29.8 Å².